The first-order valence-electron chi connectivity index (χ1n) is 4.22. The number of carboxylic acid groups (broad SMARTS) is 1. The molecule has 0 aromatic heterocycles. The molecule has 0 saturated carbocycles. The van der Waals surface area contributed by atoms with Crippen LogP contribution in [0, 0.1) is 0 Å². The van der Waals surface area contributed by atoms with Crippen LogP contribution in [-0.4, -0.2) is 36.9 Å². The predicted molar refractivity (Wildman–Crippen MR) is 46.2 cm³/mol. The molecule has 72 valence electrons. The summed E-state index contributed by atoms with van der Waals surface area (Å²) in [6, 6.07) is -0.491. The van der Waals surface area contributed by atoms with E-state index in [1.54, 1.807) is 6.92 Å². The molecular weight excluding hydrogens is 158 g/mol. The smallest absolute Gasteiger partial charge is 0.320 e. The van der Waals surface area contributed by atoms with Crippen LogP contribution < -0.4 is 5.32 Å². The van der Waals surface area contributed by atoms with Crippen LogP contribution in [0.1, 0.15) is 20.3 Å². The Morgan fingerprint density at radius 1 is 1.58 bits per heavy atom. The van der Waals surface area contributed by atoms with Gasteiger partial charge in [-0.1, -0.05) is 6.92 Å². The normalized spacial score (nSPS) is 12.8. The van der Waals surface area contributed by atoms with Crippen LogP contribution in [0.25, 0.3) is 0 Å². The van der Waals surface area contributed by atoms with E-state index < -0.39 is 12.0 Å². The van der Waals surface area contributed by atoms with E-state index in [4.69, 9.17) is 9.84 Å². The van der Waals surface area contributed by atoms with Gasteiger partial charge in [-0.2, -0.15) is 0 Å². The van der Waals surface area contributed by atoms with E-state index >= 15 is 0 Å². The molecule has 0 aliphatic heterocycles. The first kappa shape index (κ1) is 11.4. The largest absolute Gasteiger partial charge is 0.480 e. The number of ether oxygens (including phenoxy) is 1. The first-order valence-corrected chi connectivity index (χ1v) is 4.22. The maximum atomic E-state index is 10.3. The Kier molecular flexibility index (Phi) is 6.70. The lowest BCUT2D eigenvalue weighted by molar-refractivity contribution is -0.139. The molecule has 0 aromatic carbocycles. The zero-order valence-corrected chi connectivity index (χ0v) is 7.67. The van der Waals surface area contributed by atoms with E-state index in [-0.39, 0.29) is 0 Å². The van der Waals surface area contributed by atoms with Gasteiger partial charge in [0, 0.05) is 13.2 Å². The summed E-state index contributed by atoms with van der Waals surface area (Å²) in [6.45, 7) is 5.55. The number of carboxylic acids is 1. The highest BCUT2D eigenvalue weighted by atomic mass is 16.5. The number of hydrogen-bond acceptors (Lipinski definition) is 3. The van der Waals surface area contributed by atoms with E-state index in [2.05, 4.69) is 5.32 Å². The van der Waals surface area contributed by atoms with Crippen molar-refractivity contribution in [3.8, 4) is 0 Å². The van der Waals surface area contributed by atoms with E-state index in [9.17, 15) is 4.79 Å². The fourth-order valence-electron chi connectivity index (χ4n) is 0.681. The van der Waals surface area contributed by atoms with Gasteiger partial charge in [-0.3, -0.25) is 4.79 Å². The summed E-state index contributed by atoms with van der Waals surface area (Å²) in [5.41, 5.74) is 0. The minimum Gasteiger partial charge on any atom is -0.480 e. The van der Waals surface area contributed by atoms with Gasteiger partial charge in [-0.05, 0) is 13.3 Å². The molecule has 0 spiro atoms. The van der Waals surface area contributed by atoms with Crippen molar-refractivity contribution in [1.29, 1.82) is 0 Å². The van der Waals surface area contributed by atoms with Crippen LogP contribution in [0.4, 0.5) is 0 Å². The Hall–Kier alpha value is -0.610. The lowest BCUT2D eigenvalue weighted by Gasteiger charge is -2.08. The van der Waals surface area contributed by atoms with Crippen molar-refractivity contribution in [2.75, 3.05) is 19.8 Å². The molecule has 1 atom stereocenters. The van der Waals surface area contributed by atoms with Crippen LogP contribution in [0.5, 0.6) is 0 Å². The standard InChI is InChI=1S/C8H17NO3/c1-3-5-12-6-4-9-7(2)8(10)11/h7,9H,3-6H2,1-2H3,(H,10,11). The average Bonchev–Trinajstić information content (AvgIpc) is 2.03. The fourth-order valence-corrected chi connectivity index (χ4v) is 0.681. The lowest BCUT2D eigenvalue weighted by Crippen LogP contribution is -2.35. The summed E-state index contributed by atoms with van der Waals surface area (Å²) in [5.74, 6) is -0.828. The SMILES string of the molecule is CCCOCCNC(C)C(=O)O. The topological polar surface area (TPSA) is 58.6 Å². The van der Waals surface area contributed by atoms with E-state index in [0.717, 1.165) is 13.0 Å². The van der Waals surface area contributed by atoms with Crippen LogP contribution in [-0.2, 0) is 9.53 Å². The summed E-state index contributed by atoms with van der Waals surface area (Å²) in [6.07, 6.45) is 0.995. The quantitative estimate of drug-likeness (QED) is 0.552. The highest BCUT2D eigenvalue weighted by Crippen LogP contribution is 1.82. The summed E-state index contributed by atoms with van der Waals surface area (Å²) < 4.78 is 5.16. The van der Waals surface area contributed by atoms with Crippen LogP contribution in [0.2, 0.25) is 0 Å². The molecule has 0 bridgehead atoms. The third-order valence-electron chi connectivity index (χ3n) is 1.42. The molecule has 0 amide bonds. The van der Waals surface area contributed by atoms with Gasteiger partial charge >= 0.3 is 5.97 Å². The zero-order valence-electron chi connectivity index (χ0n) is 7.67. The molecule has 2 N–H and O–H groups in total. The summed E-state index contributed by atoms with van der Waals surface area (Å²) in [5, 5.41) is 11.3. The van der Waals surface area contributed by atoms with Gasteiger partial charge in [0.15, 0.2) is 0 Å². The van der Waals surface area contributed by atoms with Crippen LogP contribution >= 0.6 is 0 Å². The van der Waals surface area contributed by atoms with E-state index in [1.807, 2.05) is 6.92 Å². The summed E-state index contributed by atoms with van der Waals surface area (Å²) >= 11 is 0. The number of nitrogens with one attached hydrogen (secondary N) is 1. The molecule has 1 unspecified atom stereocenters. The van der Waals surface area contributed by atoms with Gasteiger partial charge in [-0.15, -0.1) is 0 Å². The molecule has 0 fully saturated rings. The Labute approximate surface area is 72.9 Å². The zero-order chi connectivity index (χ0) is 9.40. The van der Waals surface area contributed by atoms with Crippen LogP contribution in [0.15, 0.2) is 0 Å². The van der Waals surface area contributed by atoms with Crippen molar-refractivity contribution in [3.63, 3.8) is 0 Å². The molecule has 0 aliphatic carbocycles. The fraction of sp³-hybridized carbons (Fsp3) is 0.875. The maximum absolute atomic E-state index is 10.3. The Morgan fingerprint density at radius 3 is 2.75 bits per heavy atom. The van der Waals surface area contributed by atoms with Crippen molar-refractivity contribution >= 4 is 5.97 Å². The molecule has 0 heterocycles. The van der Waals surface area contributed by atoms with Crippen molar-refractivity contribution in [1.82, 2.24) is 5.32 Å². The van der Waals surface area contributed by atoms with Gasteiger partial charge < -0.3 is 15.2 Å². The van der Waals surface area contributed by atoms with Crippen molar-refractivity contribution in [2.45, 2.75) is 26.3 Å². The highest BCUT2D eigenvalue weighted by molar-refractivity contribution is 5.72. The Bertz CT molecular complexity index is 127. The second kappa shape index (κ2) is 7.06. The van der Waals surface area contributed by atoms with Gasteiger partial charge in [-0.25, -0.2) is 0 Å². The third-order valence-corrected chi connectivity index (χ3v) is 1.42. The molecule has 0 rings (SSSR count). The highest BCUT2D eigenvalue weighted by Gasteiger charge is 2.07. The molecule has 4 heteroatoms. The number of aliphatic carboxylic acids is 1. The maximum Gasteiger partial charge on any atom is 0.320 e. The Balaban J connectivity index is 3.14. The molecule has 12 heavy (non-hydrogen) atoms. The average molecular weight is 175 g/mol. The summed E-state index contributed by atoms with van der Waals surface area (Å²) in [7, 11) is 0. The molecular formula is C8H17NO3. The van der Waals surface area contributed by atoms with Crippen molar-refractivity contribution in [3.05, 3.63) is 0 Å². The monoisotopic (exact) mass is 175 g/mol. The molecule has 0 saturated heterocycles. The molecule has 0 aliphatic rings. The lowest BCUT2D eigenvalue weighted by atomic mass is 10.3. The number of hydrogen-bond donors (Lipinski definition) is 2. The number of carbonyl (C=O) groups is 1. The van der Waals surface area contributed by atoms with Gasteiger partial charge in [0.2, 0.25) is 0 Å². The minimum atomic E-state index is -0.828. The Morgan fingerprint density at radius 2 is 2.25 bits per heavy atom. The van der Waals surface area contributed by atoms with Gasteiger partial charge in [0.1, 0.15) is 6.04 Å². The van der Waals surface area contributed by atoms with Crippen LogP contribution in [0.3, 0.4) is 0 Å². The van der Waals surface area contributed by atoms with Gasteiger partial charge in [0.05, 0.1) is 6.61 Å². The van der Waals surface area contributed by atoms with Crippen molar-refractivity contribution < 1.29 is 14.6 Å². The number of rotatable bonds is 7. The van der Waals surface area contributed by atoms with E-state index in [1.165, 1.54) is 0 Å². The predicted octanol–water partition coefficient (Wildman–Crippen LogP) is 0.476. The second-order valence-corrected chi connectivity index (χ2v) is 2.63. The van der Waals surface area contributed by atoms with E-state index in [0.29, 0.717) is 13.2 Å². The second-order valence-electron chi connectivity index (χ2n) is 2.63. The van der Waals surface area contributed by atoms with Crippen molar-refractivity contribution in [2.24, 2.45) is 0 Å². The third kappa shape index (κ3) is 6.12. The molecule has 0 aromatic rings. The van der Waals surface area contributed by atoms with Gasteiger partial charge in [0.25, 0.3) is 0 Å². The molecule has 4 nitrogen and oxygen atoms in total. The first-order chi connectivity index (χ1) is 5.68. The minimum absolute atomic E-state index is 0.491. The summed E-state index contributed by atoms with van der Waals surface area (Å²) in [4.78, 5) is 10.3. The molecule has 0 radical (unpaired) electrons.